The van der Waals surface area contributed by atoms with E-state index in [-0.39, 0.29) is 26.1 Å². The van der Waals surface area contributed by atoms with Crippen LogP contribution in [0.1, 0.15) is 38.5 Å². The van der Waals surface area contributed by atoms with Crippen LogP contribution in [0.2, 0.25) is 0 Å². The van der Waals surface area contributed by atoms with Crippen LogP contribution in [-0.2, 0) is 42.8 Å². The average Bonchev–Trinajstić information content (AvgIpc) is 2.78. The fourth-order valence-electron chi connectivity index (χ4n) is 2.24. The van der Waals surface area contributed by atoms with E-state index in [4.69, 9.17) is 33.5 Å². The van der Waals surface area contributed by atoms with E-state index in [1.807, 2.05) is 0 Å². The maximum atomic E-state index is 11.3. The third-order valence-corrected chi connectivity index (χ3v) is 4.71. The lowest BCUT2D eigenvalue weighted by molar-refractivity contribution is -0.151. The zero-order valence-corrected chi connectivity index (χ0v) is 20.9. The molecular weight excluding hydrogens is 539 g/mol. The molecule has 0 heterocycles. The predicted octanol–water partition coefficient (Wildman–Crippen LogP) is 2.04. The maximum absolute atomic E-state index is 11.3. The Morgan fingerprint density at radius 1 is 0.562 bits per heavy atom. The first kappa shape index (κ1) is 31.1. The Morgan fingerprint density at radius 3 is 1.47 bits per heavy atom. The minimum absolute atomic E-state index is 0.0347. The van der Waals surface area contributed by atoms with Crippen molar-refractivity contribution in [3.05, 3.63) is 0 Å². The van der Waals surface area contributed by atoms with Crippen LogP contribution in [0.3, 0.4) is 0 Å². The molecular formula is C21H37IO10. The first-order valence-corrected chi connectivity index (χ1v) is 12.5. The molecule has 0 aliphatic carbocycles. The second-order valence-corrected chi connectivity index (χ2v) is 7.69. The monoisotopic (exact) mass is 576 g/mol. The van der Waals surface area contributed by atoms with Gasteiger partial charge in [0.15, 0.2) is 0 Å². The summed E-state index contributed by atoms with van der Waals surface area (Å²) in [4.78, 5) is 32.5. The Labute approximate surface area is 203 Å². The summed E-state index contributed by atoms with van der Waals surface area (Å²) in [6.07, 6.45) is 4.27. The summed E-state index contributed by atoms with van der Waals surface area (Å²) in [5.41, 5.74) is 0. The number of carboxylic acid groups (broad SMARTS) is 1. The third kappa shape index (κ3) is 23.8. The molecule has 0 aromatic carbocycles. The number of hydrogen-bond acceptors (Lipinski definition) is 9. The van der Waals surface area contributed by atoms with Gasteiger partial charge in [0.05, 0.1) is 65.9 Å². The largest absolute Gasteiger partial charge is 0.476 e. The number of esters is 1. The van der Waals surface area contributed by atoms with Gasteiger partial charge in [0.2, 0.25) is 5.78 Å². The number of ether oxygens (including phenoxy) is 6. The van der Waals surface area contributed by atoms with E-state index in [9.17, 15) is 14.4 Å². The number of unbranched alkanes of at least 4 members (excludes halogenated alkanes) is 3. The minimum atomic E-state index is -1.55. The fraction of sp³-hybridized carbons (Fsp3) is 0.857. The van der Waals surface area contributed by atoms with Gasteiger partial charge in [0, 0.05) is 13.0 Å². The first-order chi connectivity index (χ1) is 15.6. The molecule has 32 heavy (non-hydrogen) atoms. The van der Waals surface area contributed by atoms with Crippen molar-refractivity contribution in [3.8, 4) is 0 Å². The molecule has 0 aliphatic heterocycles. The quantitative estimate of drug-likeness (QED) is 0.0567. The summed E-state index contributed by atoms with van der Waals surface area (Å²) in [5, 5.41) is 8.40. The molecule has 0 spiro atoms. The Morgan fingerprint density at radius 2 is 1.00 bits per heavy atom. The number of hydrogen-bond donors (Lipinski definition) is 1. The molecule has 0 radical (unpaired) electrons. The van der Waals surface area contributed by atoms with Gasteiger partial charge in [-0.1, -0.05) is 35.4 Å². The van der Waals surface area contributed by atoms with Gasteiger partial charge in [-0.05, 0) is 17.3 Å². The Hall–Kier alpha value is -0.860. The summed E-state index contributed by atoms with van der Waals surface area (Å²) in [7, 11) is 0. The standard InChI is InChI=1S/C21H37IO10/c22-7-3-1-2-4-8-27-9-10-28-11-12-29-13-14-30-15-16-31-17-18-32-20(24)6-5-19(23)21(25)26/h1-18H2,(H,25,26). The van der Waals surface area contributed by atoms with Crippen LogP contribution < -0.4 is 0 Å². The number of carbonyl (C=O) groups excluding carboxylic acids is 2. The van der Waals surface area contributed by atoms with Crippen molar-refractivity contribution < 1.29 is 47.9 Å². The molecule has 0 bridgehead atoms. The number of alkyl halides is 1. The van der Waals surface area contributed by atoms with E-state index in [0.717, 1.165) is 13.0 Å². The molecule has 0 aromatic heterocycles. The van der Waals surface area contributed by atoms with Gasteiger partial charge in [-0.15, -0.1) is 0 Å². The normalized spacial score (nSPS) is 10.9. The van der Waals surface area contributed by atoms with Gasteiger partial charge >= 0.3 is 11.9 Å². The van der Waals surface area contributed by atoms with Gasteiger partial charge in [-0.3, -0.25) is 9.59 Å². The van der Waals surface area contributed by atoms with Crippen LogP contribution in [0.4, 0.5) is 0 Å². The number of carboxylic acids is 1. The highest BCUT2D eigenvalue weighted by Gasteiger charge is 2.14. The average molecular weight is 576 g/mol. The van der Waals surface area contributed by atoms with Gasteiger partial charge in [-0.2, -0.15) is 0 Å². The van der Waals surface area contributed by atoms with Crippen LogP contribution in [0.5, 0.6) is 0 Å². The van der Waals surface area contributed by atoms with Gasteiger partial charge < -0.3 is 33.5 Å². The molecule has 0 rings (SSSR count). The summed E-state index contributed by atoms with van der Waals surface area (Å²) in [6, 6.07) is 0. The third-order valence-electron chi connectivity index (χ3n) is 3.95. The number of ketones is 1. The smallest absolute Gasteiger partial charge is 0.372 e. The zero-order valence-electron chi connectivity index (χ0n) is 18.7. The topological polar surface area (TPSA) is 127 Å². The second-order valence-electron chi connectivity index (χ2n) is 6.61. The minimum Gasteiger partial charge on any atom is -0.476 e. The van der Waals surface area contributed by atoms with Crippen molar-refractivity contribution >= 4 is 40.3 Å². The van der Waals surface area contributed by atoms with Gasteiger partial charge in [-0.25, -0.2) is 4.79 Å². The molecule has 10 nitrogen and oxygen atoms in total. The molecule has 0 aliphatic rings. The van der Waals surface area contributed by atoms with Gasteiger partial charge in [0.1, 0.15) is 6.61 Å². The first-order valence-electron chi connectivity index (χ1n) is 10.9. The van der Waals surface area contributed by atoms with Crippen LogP contribution >= 0.6 is 22.6 Å². The van der Waals surface area contributed by atoms with Crippen molar-refractivity contribution in [1.82, 2.24) is 0 Å². The molecule has 0 saturated heterocycles. The van der Waals surface area contributed by atoms with E-state index >= 15 is 0 Å². The van der Waals surface area contributed by atoms with Crippen molar-refractivity contribution in [2.24, 2.45) is 0 Å². The van der Waals surface area contributed by atoms with Crippen molar-refractivity contribution in [2.75, 3.05) is 77.1 Å². The highest BCUT2D eigenvalue weighted by molar-refractivity contribution is 14.1. The Kier molecular flexibility index (Phi) is 24.1. The predicted molar refractivity (Wildman–Crippen MR) is 124 cm³/mol. The molecule has 0 atom stereocenters. The van der Waals surface area contributed by atoms with E-state index in [0.29, 0.717) is 52.9 Å². The summed E-state index contributed by atoms with van der Waals surface area (Å²) >= 11 is 2.40. The van der Waals surface area contributed by atoms with E-state index < -0.39 is 17.7 Å². The highest BCUT2D eigenvalue weighted by atomic mass is 127. The van der Waals surface area contributed by atoms with Crippen LogP contribution in [0.15, 0.2) is 0 Å². The number of carbonyl (C=O) groups is 3. The molecule has 188 valence electrons. The van der Waals surface area contributed by atoms with Crippen LogP contribution in [-0.4, -0.2) is 99.9 Å². The van der Waals surface area contributed by atoms with Gasteiger partial charge in [0.25, 0.3) is 0 Å². The number of Topliss-reactive ketones (excluding diaryl/α,β-unsaturated/α-hetero) is 1. The summed E-state index contributed by atoms with van der Waals surface area (Å²) in [5.74, 6) is -3.20. The van der Waals surface area contributed by atoms with Crippen LogP contribution in [0, 0.1) is 0 Å². The van der Waals surface area contributed by atoms with E-state index in [1.165, 1.54) is 23.7 Å². The Bertz CT molecular complexity index is 475. The number of aliphatic carboxylic acids is 1. The van der Waals surface area contributed by atoms with E-state index in [1.54, 1.807) is 0 Å². The second kappa shape index (κ2) is 24.8. The fourth-order valence-corrected chi connectivity index (χ4v) is 2.78. The molecule has 0 aromatic rings. The highest BCUT2D eigenvalue weighted by Crippen LogP contribution is 2.02. The lowest BCUT2D eigenvalue weighted by atomic mass is 10.2. The van der Waals surface area contributed by atoms with Crippen molar-refractivity contribution in [1.29, 1.82) is 0 Å². The zero-order chi connectivity index (χ0) is 23.7. The maximum Gasteiger partial charge on any atom is 0.372 e. The molecule has 0 saturated carbocycles. The molecule has 11 heteroatoms. The molecule has 0 amide bonds. The molecule has 1 N–H and O–H groups in total. The summed E-state index contributed by atoms with van der Waals surface area (Å²) < 4.78 is 32.9. The van der Waals surface area contributed by atoms with Crippen LogP contribution in [0.25, 0.3) is 0 Å². The van der Waals surface area contributed by atoms with Crippen molar-refractivity contribution in [3.63, 3.8) is 0 Å². The number of rotatable bonds is 25. The Balaban J connectivity index is 3.15. The van der Waals surface area contributed by atoms with Crippen molar-refractivity contribution in [2.45, 2.75) is 38.5 Å². The molecule has 0 fully saturated rings. The lowest BCUT2D eigenvalue weighted by Crippen LogP contribution is -2.17. The summed E-state index contributed by atoms with van der Waals surface area (Å²) in [6.45, 7) is 4.85. The number of halogens is 1. The lowest BCUT2D eigenvalue weighted by Gasteiger charge is -2.08. The molecule has 0 unspecified atom stereocenters. The SMILES string of the molecule is O=C(CCC(=O)C(=O)O)OCCOCCOCCOCCOCCOCCCCCCI. The van der Waals surface area contributed by atoms with E-state index in [2.05, 4.69) is 22.6 Å².